The van der Waals surface area contributed by atoms with E-state index in [2.05, 4.69) is 0 Å². The maximum atomic E-state index is 13.3. The summed E-state index contributed by atoms with van der Waals surface area (Å²) in [4.78, 5) is 0. The highest BCUT2D eigenvalue weighted by Gasteiger charge is 2.28. The Morgan fingerprint density at radius 2 is 1.88 bits per heavy atom. The zero-order valence-corrected chi connectivity index (χ0v) is 9.42. The Hall–Kier alpha value is -1.09. The highest BCUT2D eigenvalue weighted by molar-refractivity contribution is 5.23. The number of rotatable bonds is 3. The molecule has 1 aromatic rings. The van der Waals surface area contributed by atoms with Crippen molar-refractivity contribution in [3.63, 3.8) is 0 Å². The van der Waals surface area contributed by atoms with E-state index in [1.807, 2.05) is 0 Å². The number of hydrogen-bond donors (Lipinski definition) is 1. The molecule has 1 aliphatic carbocycles. The number of nitrogens with two attached hydrogens (primary N) is 1. The third-order valence-electron chi connectivity index (χ3n) is 3.20. The van der Waals surface area contributed by atoms with Gasteiger partial charge in [-0.15, -0.1) is 0 Å². The minimum absolute atomic E-state index is 0.263. The number of para-hydroxylation sites is 1. The largest absolute Gasteiger partial charge is 0.489 e. The van der Waals surface area contributed by atoms with E-state index in [0.29, 0.717) is 12.4 Å². The highest BCUT2D eigenvalue weighted by Crippen LogP contribution is 2.27. The maximum absolute atomic E-state index is 13.3. The van der Waals surface area contributed by atoms with Gasteiger partial charge in [0, 0.05) is 0 Å². The molecule has 2 N–H and O–H groups in total. The Labute approximate surface area is 95.6 Å². The first-order chi connectivity index (χ1) is 7.70. The maximum Gasteiger partial charge on any atom is 0.165 e. The number of halogens is 1. The van der Waals surface area contributed by atoms with Crippen LogP contribution in [0.2, 0.25) is 0 Å². The molecule has 1 saturated carbocycles. The van der Waals surface area contributed by atoms with Gasteiger partial charge in [-0.2, -0.15) is 0 Å². The molecule has 2 rings (SSSR count). The zero-order valence-electron chi connectivity index (χ0n) is 9.42. The van der Waals surface area contributed by atoms with Crippen LogP contribution in [-0.2, 0) is 0 Å². The summed E-state index contributed by atoms with van der Waals surface area (Å²) in [6, 6.07) is 6.46. The molecule has 0 aliphatic heterocycles. The number of hydrogen-bond acceptors (Lipinski definition) is 2. The van der Waals surface area contributed by atoms with Crippen LogP contribution in [-0.4, -0.2) is 12.1 Å². The molecule has 0 saturated heterocycles. The summed E-state index contributed by atoms with van der Waals surface area (Å²) in [7, 11) is 0. The van der Waals surface area contributed by atoms with E-state index >= 15 is 0 Å². The average Bonchev–Trinajstić information content (AvgIpc) is 2.29. The van der Waals surface area contributed by atoms with Crippen molar-refractivity contribution >= 4 is 0 Å². The normalized spacial score (nSPS) is 19.4. The van der Waals surface area contributed by atoms with Gasteiger partial charge in [0.05, 0.1) is 5.54 Å². The van der Waals surface area contributed by atoms with Gasteiger partial charge < -0.3 is 10.5 Å². The smallest absolute Gasteiger partial charge is 0.165 e. The molecule has 1 aromatic carbocycles. The second kappa shape index (κ2) is 4.83. The zero-order chi connectivity index (χ0) is 11.4. The summed E-state index contributed by atoms with van der Waals surface area (Å²) >= 11 is 0. The van der Waals surface area contributed by atoms with Crippen molar-refractivity contribution in [3.8, 4) is 5.75 Å². The fourth-order valence-corrected chi connectivity index (χ4v) is 2.18. The van der Waals surface area contributed by atoms with Crippen LogP contribution in [0, 0.1) is 5.82 Å². The van der Waals surface area contributed by atoms with E-state index < -0.39 is 0 Å². The molecule has 3 heteroatoms. The summed E-state index contributed by atoms with van der Waals surface area (Å²) in [5, 5.41) is 0. The van der Waals surface area contributed by atoms with E-state index in [1.54, 1.807) is 18.2 Å². The van der Waals surface area contributed by atoms with Crippen LogP contribution < -0.4 is 10.5 Å². The molecule has 1 fully saturated rings. The van der Waals surface area contributed by atoms with E-state index in [9.17, 15) is 4.39 Å². The molecule has 0 bridgehead atoms. The fourth-order valence-electron chi connectivity index (χ4n) is 2.18. The van der Waals surface area contributed by atoms with Crippen LogP contribution >= 0.6 is 0 Å². The SMILES string of the molecule is NC1(COc2ccccc2F)CCCCC1. The highest BCUT2D eigenvalue weighted by atomic mass is 19.1. The summed E-state index contributed by atoms with van der Waals surface area (Å²) < 4.78 is 18.8. The minimum atomic E-state index is -0.318. The van der Waals surface area contributed by atoms with Gasteiger partial charge in [-0.25, -0.2) is 4.39 Å². The topological polar surface area (TPSA) is 35.2 Å². The van der Waals surface area contributed by atoms with Crippen LogP contribution in [0.15, 0.2) is 24.3 Å². The van der Waals surface area contributed by atoms with Crippen molar-refractivity contribution in [1.82, 2.24) is 0 Å². The number of ether oxygens (including phenoxy) is 1. The second-order valence-electron chi connectivity index (χ2n) is 4.64. The van der Waals surface area contributed by atoms with Crippen LogP contribution in [0.1, 0.15) is 32.1 Å². The molecule has 1 aliphatic rings. The Kier molecular flexibility index (Phi) is 3.44. The lowest BCUT2D eigenvalue weighted by Gasteiger charge is -2.33. The first-order valence-corrected chi connectivity index (χ1v) is 5.86. The van der Waals surface area contributed by atoms with Crippen LogP contribution in [0.3, 0.4) is 0 Å². The summed E-state index contributed by atoms with van der Waals surface area (Å²) in [5.41, 5.74) is 5.95. The Balaban J connectivity index is 1.94. The van der Waals surface area contributed by atoms with Crippen molar-refractivity contribution in [2.45, 2.75) is 37.6 Å². The van der Waals surface area contributed by atoms with Gasteiger partial charge in [-0.05, 0) is 25.0 Å². The van der Waals surface area contributed by atoms with Crippen molar-refractivity contribution in [1.29, 1.82) is 0 Å². The second-order valence-corrected chi connectivity index (χ2v) is 4.64. The van der Waals surface area contributed by atoms with Crippen molar-refractivity contribution in [2.75, 3.05) is 6.61 Å². The van der Waals surface area contributed by atoms with Crippen molar-refractivity contribution < 1.29 is 9.13 Å². The fraction of sp³-hybridized carbons (Fsp3) is 0.538. The Morgan fingerprint density at radius 1 is 1.19 bits per heavy atom. The molecule has 0 spiro atoms. The van der Waals surface area contributed by atoms with E-state index in [-0.39, 0.29) is 11.4 Å². The molecule has 2 nitrogen and oxygen atoms in total. The lowest BCUT2D eigenvalue weighted by atomic mass is 9.83. The standard InChI is InChI=1S/C13H18FNO/c14-11-6-2-3-7-12(11)16-10-13(15)8-4-1-5-9-13/h2-3,6-7H,1,4-5,8-10,15H2. The Bertz CT molecular complexity index is 348. The van der Waals surface area contributed by atoms with Crippen LogP contribution in [0.25, 0.3) is 0 Å². The Morgan fingerprint density at radius 3 is 2.56 bits per heavy atom. The van der Waals surface area contributed by atoms with Gasteiger partial charge in [-0.1, -0.05) is 31.4 Å². The van der Waals surface area contributed by atoms with E-state index in [1.165, 1.54) is 12.5 Å². The first-order valence-electron chi connectivity index (χ1n) is 5.86. The molecule has 0 unspecified atom stereocenters. The molecule has 16 heavy (non-hydrogen) atoms. The monoisotopic (exact) mass is 223 g/mol. The lowest BCUT2D eigenvalue weighted by Crippen LogP contribution is -2.47. The van der Waals surface area contributed by atoms with E-state index in [0.717, 1.165) is 25.7 Å². The van der Waals surface area contributed by atoms with Crippen molar-refractivity contribution in [2.24, 2.45) is 5.73 Å². The van der Waals surface area contributed by atoms with Crippen LogP contribution in [0.4, 0.5) is 4.39 Å². The van der Waals surface area contributed by atoms with Crippen LogP contribution in [0.5, 0.6) is 5.75 Å². The van der Waals surface area contributed by atoms with Gasteiger partial charge >= 0.3 is 0 Å². The summed E-state index contributed by atoms with van der Waals surface area (Å²) in [6.45, 7) is 0.411. The molecule has 0 heterocycles. The molecular formula is C13H18FNO. The predicted molar refractivity (Wildman–Crippen MR) is 61.9 cm³/mol. The molecule has 0 aromatic heterocycles. The molecule has 88 valence electrons. The quantitative estimate of drug-likeness (QED) is 0.855. The van der Waals surface area contributed by atoms with Gasteiger partial charge in [0.25, 0.3) is 0 Å². The van der Waals surface area contributed by atoms with Gasteiger partial charge in [0.2, 0.25) is 0 Å². The molecule has 0 amide bonds. The molecular weight excluding hydrogens is 205 g/mol. The third kappa shape index (κ3) is 2.73. The van der Waals surface area contributed by atoms with Crippen molar-refractivity contribution in [3.05, 3.63) is 30.1 Å². The lowest BCUT2D eigenvalue weighted by molar-refractivity contribution is 0.169. The van der Waals surface area contributed by atoms with Gasteiger partial charge in [-0.3, -0.25) is 0 Å². The van der Waals surface area contributed by atoms with Gasteiger partial charge in [0.1, 0.15) is 6.61 Å². The van der Waals surface area contributed by atoms with E-state index in [4.69, 9.17) is 10.5 Å². The summed E-state index contributed by atoms with van der Waals surface area (Å²) in [6.07, 6.45) is 5.50. The number of benzene rings is 1. The summed E-state index contributed by atoms with van der Waals surface area (Å²) in [5.74, 6) is -0.0141. The third-order valence-corrected chi connectivity index (χ3v) is 3.20. The van der Waals surface area contributed by atoms with Gasteiger partial charge in [0.15, 0.2) is 11.6 Å². The molecule has 0 radical (unpaired) electrons. The predicted octanol–water partition coefficient (Wildman–Crippen LogP) is 2.87. The minimum Gasteiger partial charge on any atom is -0.489 e. The molecule has 0 atom stereocenters. The average molecular weight is 223 g/mol. The first kappa shape index (κ1) is 11.4.